The highest BCUT2D eigenvalue weighted by atomic mass is 79.9. The van der Waals surface area contributed by atoms with Gasteiger partial charge in [-0.15, -0.1) is 0 Å². The monoisotopic (exact) mass is 444 g/mol. The molecule has 0 aromatic heterocycles. The third-order valence-corrected chi connectivity index (χ3v) is 5.21. The zero-order valence-corrected chi connectivity index (χ0v) is 15.9. The number of nitrogens with zero attached hydrogens (tertiary/aromatic N) is 1. The van der Waals surface area contributed by atoms with Gasteiger partial charge in [0.05, 0.1) is 10.2 Å². The fraction of sp³-hybridized carbons (Fsp3) is 0.471. The number of likely N-dealkylation sites (tertiary alicyclic amines) is 1. The molecule has 2 fully saturated rings. The summed E-state index contributed by atoms with van der Waals surface area (Å²) in [6, 6.07) is 1.54. The molecule has 0 spiro atoms. The van der Waals surface area contributed by atoms with Crippen molar-refractivity contribution in [2.75, 3.05) is 18.4 Å². The zero-order chi connectivity index (χ0) is 19.6. The van der Waals surface area contributed by atoms with Crippen LogP contribution in [-0.4, -0.2) is 35.8 Å². The van der Waals surface area contributed by atoms with Crippen molar-refractivity contribution in [1.29, 1.82) is 0 Å². The van der Waals surface area contributed by atoms with Crippen molar-refractivity contribution >= 4 is 39.5 Å². The van der Waals surface area contributed by atoms with Gasteiger partial charge in [-0.05, 0) is 53.2 Å². The van der Waals surface area contributed by atoms with Gasteiger partial charge in [-0.3, -0.25) is 15.0 Å². The average molecular weight is 445 g/mol. The number of carbonyl (C=O) groups is 3. The molecule has 1 aromatic rings. The van der Waals surface area contributed by atoms with Crippen LogP contribution >= 0.6 is 15.9 Å². The quantitative estimate of drug-likeness (QED) is 0.492. The van der Waals surface area contributed by atoms with E-state index in [1.165, 1.54) is 12.1 Å². The third-order valence-electron chi connectivity index (χ3n) is 4.60. The number of benzene rings is 1. The topological polar surface area (TPSA) is 90.5 Å². The van der Waals surface area contributed by atoms with Crippen LogP contribution in [0, 0.1) is 23.5 Å². The highest BCUT2D eigenvalue weighted by molar-refractivity contribution is 9.10. The molecule has 1 aromatic carbocycles. The van der Waals surface area contributed by atoms with E-state index in [0.29, 0.717) is 13.1 Å². The maximum absolute atomic E-state index is 13.7. The highest BCUT2D eigenvalue weighted by Gasteiger charge is 2.36. The summed E-state index contributed by atoms with van der Waals surface area (Å²) in [7, 11) is 0. The van der Waals surface area contributed by atoms with Crippen molar-refractivity contribution in [1.82, 2.24) is 15.8 Å². The number of nitrogens with one attached hydrogen (secondary N) is 3. The summed E-state index contributed by atoms with van der Waals surface area (Å²) in [4.78, 5) is 37.5. The minimum atomic E-state index is -1.21. The van der Waals surface area contributed by atoms with E-state index in [1.807, 2.05) is 0 Å². The van der Waals surface area contributed by atoms with Crippen LogP contribution in [0.25, 0.3) is 0 Å². The number of rotatable bonds is 4. The number of urea groups is 1. The summed E-state index contributed by atoms with van der Waals surface area (Å²) in [6.45, 7) is 1.19. The highest BCUT2D eigenvalue weighted by Crippen LogP contribution is 2.33. The van der Waals surface area contributed by atoms with Gasteiger partial charge < -0.3 is 10.2 Å². The van der Waals surface area contributed by atoms with Crippen LogP contribution in [0.1, 0.15) is 25.7 Å². The SMILES string of the molecule is O=C(C[C@@H]1CCN(C(=O)C2CC2)C1)NNC(=O)Nc1ccc(Br)c(F)c1F. The van der Waals surface area contributed by atoms with Crippen LogP contribution < -0.4 is 16.2 Å². The minimum Gasteiger partial charge on any atom is -0.342 e. The van der Waals surface area contributed by atoms with E-state index in [1.54, 1.807) is 4.90 Å². The number of halogens is 3. The van der Waals surface area contributed by atoms with Gasteiger partial charge in [0.2, 0.25) is 11.8 Å². The zero-order valence-electron chi connectivity index (χ0n) is 14.4. The van der Waals surface area contributed by atoms with Gasteiger partial charge in [-0.25, -0.2) is 19.0 Å². The second-order valence-corrected chi connectivity index (χ2v) is 7.62. The number of carbonyl (C=O) groups excluding carboxylic acids is 3. The Morgan fingerprint density at radius 1 is 1.11 bits per heavy atom. The smallest absolute Gasteiger partial charge is 0.338 e. The molecule has 0 bridgehead atoms. The Morgan fingerprint density at radius 2 is 1.85 bits per heavy atom. The summed E-state index contributed by atoms with van der Waals surface area (Å²) in [5, 5.41) is 2.12. The molecule has 7 nitrogen and oxygen atoms in total. The van der Waals surface area contributed by atoms with Crippen molar-refractivity contribution in [3.05, 3.63) is 28.2 Å². The molecule has 1 aliphatic carbocycles. The second-order valence-electron chi connectivity index (χ2n) is 6.77. The Bertz CT molecular complexity index is 773. The fourth-order valence-electron chi connectivity index (χ4n) is 3.00. The van der Waals surface area contributed by atoms with Gasteiger partial charge in [0.25, 0.3) is 0 Å². The van der Waals surface area contributed by atoms with Gasteiger partial charge >= 0.3 is 6.03 Å². The number of amides is 4. The number of hydrogen-bond donors (Lipinski definition) is 3. The maximum Gasteiger partial charge on any atom is 0.338 e. The van der Waals surface area contributed by atoms with Gasteiger partial charge in [0, 0.05) is 25.4 Å². The Morgan fingerprint density at radius 3 is 2.56 bits per heavy atom. The molecule has 1 atom stereocenters. The Labute approximate surface area is 162 Å². The van der Waals surface area contributed by atoms with Crippen LogP contribution in [0.5, 0.6) is 0 Å². The van der Waals surface area contributed by atoms with Crippen LogP contribution in [0.2, 0.25) is 0 Å². The van der Waals surface area contributed by atoms with E-state index in [0.717, 1.165) is 19.3 Å². The van der Waals surface area contributed by atoms with Crippen molar-refractivity contribution in [2.24, 2.45) is 11.8 Å². The molecule has 1 heterocycles. The molecule has 1 aliphatic heterocycles. The third kappa shape index (κ3) is 4.94. The molecule has 10 heteroatoms. The Balaban J connectivity index is 1.41. The van der Waals surface area contributed by atoms with Crippen LogP contribution in [0.15, 0.2) is 16.6 Å². The number of hydrogen-bond acceptors (Lipinski definition) is 3. The van der Waals surface area contributed by atoms with Crippen molar-refractivity contribution in [3.8, 4) is 0 Å². The molecule has 0 radical (unpaired) electrons. The lowest BCUT2D eigenvalue weighted by Crippen LogP contribution is -2.44. The maximum atomic E-state index is 13.7. The Hall–Kier alpha value is -2.23. The molecule has 0 unspecified atom stereocenters. The molecule has 1 saturated carbocycles. The summed E-state index contributed by atoms with van der Waals surface area (Å²) >= 11 is 2.84. The summed E-state index contributed by atoms with van der Waals surface area (Å²) < 4.78 is 27.1. The number of hydrazine groups is 1. The molecular weight excluding hydrogens is 426 g/mol. The van der Waals surface area contributed by atoms with Gasteiger partial charge in [-0.2, -0.15) is 0 Å². The van der Waals surface area contributed by atoms with E-state index in [2.05, 4.69) is 32.1 Å². The van der Waals surface area contributed by atoms with E-state index in [-0.39, 0.29) is 34.3 Å². The summed E-state index contributed by atoms with van der Waals surface area (Å²) in [5.74, 6) is -2.39. The number of anilines is 1. The van der Waals surface area contributed by atoms with Crippen LogP contribution in [0.4, 0.5) is 19.3 Å². The van der Waals surface area contributed by atoms with E-state index in [4.69, 9.17) is 0 Å². The van der Waals surface area contributed by atoms with Gasteiger partial charge in [0.15, 0.2) is 11.6 Å². The molecule has 146 valence electrons. The molecular formula is C17H19BrF2N4O3. The summed E-state index contributed by atoms with van der Waals surface area (Å²) in [6.07, 6.45) is 2.79. The molecule has 27 heavy (non-hydrogen) atoms. The molecule has 1 saturated heterocycles. The predicted molar refractivity (Wildman–Crippen MR) is 96.4 cm³/mol. The first-order valence-corrected chi connectivity index (χ1v) is 9.42. The molecule has 3 rings (SSSR count). The fourth-order valence-corrected chi connectivity index (χ4v) is 3.31. The van der Waals surface area contributed by atoms with Crippen molar-refractivity contribution in [2.45, 2.75) is 25.7 Å². The van der Waals surface area contributed by atoms with Gasteiger partial charge in [0.1, 0.15) is 0 Å². The van der Waals surface area contributed by atoms with Crippen LogP contribution in [-0.2, 0) is 9.59 Å². The Kier molecular flexibility index (Phi) is 5.93. The standard InChI is InChI=1S/C17H19BrF2N4O3/c18-11-3-4-12(15(20)14(11)19)21-17(27)23-22-13(25)7-9-5-6-24(8-9)16(26)10-1-2-10/h3-4,9-10H,1-2,5-8H2,(H,22,25)(H2,21,23,27)/t9-/m0/s1. The predicted octanol–water partition coefficient (Wildman–Crippen LogP) is 2.53. The second kappa shape index (κ2) is 8.20. The van der Waals surface area contributed by atoms with E-state index < -0.39 is 23.6 Å². The van der Waals surface area contributed by atoms with Crippen molar-refractivity contribution < 1.29 is 23.2 Å². The minimum absolute atomic E-state index is 0.0376. The molecule has 4 amide bonds. The molecule has 2 aliphatic rings. The van der Waals surface area contributed by atoms with E-state index >= 15 is 0 Å². The summed E-state index contributed by atoms with van der Waals surface area (Å²) in [5.41, 5.74) is 3.97. The lowest BCUT2D eigenvalue weighted by Gasteiger charge is -2.16. The normalized spacial score (nSPS) is 18.9. The van der Waals surface area contributed by atoms with Gasteiger partial charge in [-0.1, -0.05) is 0 Å². The first kappa shape index (κ1) is 19.5. The first-order valence-electron chi connectivity index (χ1n) is 8.63. The molecule has 3 N–H and O–H groups in total. The van der Waals surface area contributed by atoms with E-state index in [9.17, 15) is 23.2 Å². The lowest BCUT2D eigenvalue weighted by atomic mass is 10.1. The first-order chi connectivity index (χ1) is 12.8. The van der Waals surface area contributed by atoms with Crippen LogP contribution in [0.3, 0.4) is 0 Å². The average Bonchev–Trinajstić information content (AvgIpc) is 3.39. The lowest BCUT2D eigenvalue weighted by molar-refractivity contribution is -0.132. The van der Waals surface area contributed by atoms with Crippen molar-refractivity contribution in [3.63, 3.8) is 0 Å². The largest absolute Gasteiger partial charge is 0.342 e.